The molecule has 0 aromatic rings. The van der Waals surface area contributed by atoms with Crippen LogP contribution in [0.5, 0.6) is 0 Å². The first-order valence-corrected chi connectivity index (χ1v) is 6.40. The lowest BCUT2D eigenvalue weighted by atomic mass is 9.61. The minimum atomic E-state index is -0.429. The summed E-state index contributed by atoms with van der Waals surface area (Å²) in [5.74, 6) is -0.331. The number of ether oxygens (including phenoxy) is 1. The van der Waals surface area contributed by atoms with E-state index >= 15 is 0 Å². The highest BCUT2D eigenvalue weighted by atomic mass is 16.5. The molecular weight excluding hydrogens is 232 g/mol. The summed E-state index contributed by atoms with van der Waals surface area (Å²) in [7, 11) is 1.31. The molecular formula is C13H24N2O3. The lowest BCUT2D eigenvalue weighted by Crippen LogP contribution is -2.52. The van der Waals surface area contributed by atoms with Crippen LogP contribution in [0.3, 0.4) is 0 Å². The molecule has 0 aromatic heterocycles. The third-order valence-corrected chi connectivity index (χ3v) is 4.45. The predicted octanol–water partition coefficient (Wildman–Crippen LogP) is 0.675. The number of hydrogen-bond donors (Lipinski definition) is 2. The van der Waals surface area contributed by atoms with Crippen molar-refractivity contribution in [3.63, 3.8) is 0 Å². The topological polar surface area (TPSA) is 81.4 Å². The molecule has 3 atom stereocenters. The normalized spacial score (nSPS) is 30.6. The van der Waals surface area contributed by atoms with Crippen LogP contribution in [0, 0.1) is 17.3 Å². The molecule has 0 saturated heterocycles. The summed E-state index contributed by atoms with van der Waals surface area (Å²) >= 11 is 0. The van der Waals surface area contributed by atoms with E-state index in [1.807, 2.05) is 0 Å². The van der Waals surface area contributed by atoms with Gasteiger partial charge in [0.15, 0.2) is 0 Å². The molecule has 5 nitrogen and oxygen atoms in total. The molecule has 1 aliphatic carbocycles. The average Bonchev–Trinajstić information content (AvgIpc) is 2.32. The first-order valence-electron chi connectivity index (χ1n) is 6.40. The van der Waals surface area contributed by atoms with Crippen LogP contribution < -0.4 is 11.1 Å². The Morgan fingerprint density at radius 3 is 2.56 bits per heavy atom. The Balaban J connectivity index is 2.65. The van der Waals surface area contributed by atoms with Crippen LogP contribution in [0.1, 0.15) is 33.6 Å². The monoisotopic (exact) mass is 256 g/mol. The third-order valence-electron chi connectivity index (χ3n) is 4.45. The summed E-state index contributed by atoms with van der Waals surface area (Å²) in [4.78, 5) is 23.1. The second-order valence-electron chi connectivity index (χ2n) is 5.70. The van der Waals surface area contributed by atoms with Crippen LogP contribution in [-0.2, 0) is 14.3 Å². The number of methoxy groups -OCH3 is 1. The molecule has 3 unspecified atom stereocenters. The van der Waals surface area contributed by atoms with Crippen LogP contribution in [0.2, 0.25) is 0 Å². The molecule has 0 aromatic carbocycles. The van der Waals surface area contributed by atoms with Gasteiger partial charge in [-0.1, -0.05) is 20.8 Å². The zero-order valence-corrected chi connectivity index (χ0v) is 11.7. The zero-order chi connectivity index (χ0) is 13.9. The minimum absolute atomic E-state index is 0.0671. The molecule has 0 aliphatic heterocycles. The number of hydrogen-bond acceptors (Lipinski definition) is 4. The molecule has 3 N–H and O–H groups in total. The Bertz CT molecular complexity index is 328. The number of nitrogens with two attached hydrogens (primary N) is 1. The maximum absolute atomic E-state index is 12.1. The van der Waals surface area contributed by atoms with Gasteiger partial charge < -0.3 is 15.8 Å². The van der Waals surface area contributed by atoms with Gasteiger partial charge in [-0.05, 0) is 24.2 Å². The molecule has 104 valence electrons. The van der Waals surface area contributed by atoms with E-state index in [4.69, 9.17) is 5.73 Å². The average molecular weight is 256 g/mol. The standard InChI is InChI=1S/C13H24N2O3/c1-8-10(14)6-5-9(13(8,2)3)12(17)15-7-11(16)18-4/h8-10H,5-7,14H2,1-4H3,(H,15,17). The summed E-state index contributed by atoms with van der Waals surface area (Å²) in [5, 5.41) is 2.64. The SMILES string of the molecule is COC(=O)CNC(=O)C1CCC(N)C(C)C1(C)C. The van der Waals surface area contributed by atoms with Gasteiger partial charge in [0.05, 0.1) is 7.11 Å². The summed E-state index contributed by atoms with van der Waals surface area (Å²) in [5.41, 5.74) is 5.90. The van der Waals surface area contributed by atoms with Gasteiger partial charge in [-0.15, -0.1) is 0 Å². The van der Waals surface area contributed by atoms with Gasteiger partial charge in [-0.2, -0.15) is 0 Å². The minimum Gasteiger partial charge on any atom is -0.468 e. The van der Waals surface area contributed by atoms with E-state index < -0.39 is 5.97 Å². The largest absolute Gasteiger partial charge is 0.468 e. The van der Waals surface area contributed by atoms with E-state index in [9.17, 15) is 9.59 Å². The lowest BCUT2D eigenvalue weighted by Gasteiger charge is -2.45. The Hall–Kier alpha value is -1.10. The molecule has 5 heteroatoms. The number of nitrogens with one attached hydrogen (secondary N) is 1. The van der Waals surface area contributed by atoms with E-state index in [0.29, 0.717) is 0 Å². The Morgan fingerprint density at radius 1 is 1.39 bits per heavy atom. The summed E-state index contributed by atoms with van der Waals surface area (Å²) < 4.78 is 4.50. The molecule has 0 bridgehead atoms. The molecule has 1 rings (SSSR count). The van der Waals surface area contributed by atoms with E-state index in [1.165, 1.54) is 7.11 Å². The van der Waals surface area contributed by atoms with Crippen molar-refractivity contribution in [2.75, 3.05) is 13.7 Å². The highest BCUT2D eigenvalue weighted by molar-refractivity contribution is 5.84. The fourth-order valence-electron chi connectivity index (χ4n) is 2.67. The van der Waals surface area contributed by atoms with E-state index in [2.05, 4.69) is 30.8 Å². The number of carbonyl (C=O) groups excluding carboxylic acids is 2. The Labute approximate surface area is 108 Å². The number of rotatable bonds is 3. The molecule has 1 amide bonds. The first-order chi connectivity index (χ1) is 8.30. The molecule has 0 spiro atoms. The van der Waals surface area contributed by atoms with Gasteiger partial charge >= 0.3 is 5.97 Å². The van der Waals surface area contributed by atoms with Gasteiger partial charge in [-0.25, -0.2) is 0 Å². The second-order valence-corrected chi connectivity index (χ2v) is 5.70. The van der Waals surface area contributed by atoms with Crippen LogP contribution in [0.15, 0.2) is 0 Å². The second kappa shape index (κ2) is 5.69. The van der Waals surface area contributed by atoms with Gasteiger partial charge in [0.25, 0.3) is 0 Å². The molecule has 1 saturated carbocycles. The fraction of sp³-hybridized carbons (Fsp3) is 0.846. The number of amides is 1. The van der Waals surface area contributed by atoms with E-state index in [-0.39, 0.29) is 35.7 Å². The Kier molecular flexibility index (Phi) is 4.73. The first kappa shape index (κ1) is 15.0. The van der Waals surface area contributed by atoms with Crippen LogP contribution >= 0.6 is 0 Å². The highest BCUT2D eigenvalue weighted by Crippen LogP contribution is 2.44. The zero-order valence-electron chi connectivity index (χ0n) is 11.7. The predicted molar refractivity (Wildman–Crippen MR) is 68.7 cm³/mol. The molecule has 1 fully saturated rings. The number of esters is 1. The third kappa shape index (κ3) is 3.02. The van der Waals surface area contributed by atoms with Gasteiger partial charge in [-0.3, -0.25) is 9.59 Å². The molecule has 1 aliphatic rings. The van der Waals surface area contributed by atoms with Crippen molar-refractivity contribution >= 4 is 11.9 Å². The van der Waals surface area contributed by atoms with Crippen molar-refractivity contribution in [3.05, 3.63) is 0 Å². The molecule has 18 heavy (non-hydrogen) atoms. The van der Waals surface area contributed by atoms with Crippen molar-refractivity contribution < 1.29 is 14.3 Å². The summed E-state index contributed by atoms with van der Waals surface area (Å²) in [6, 6.07) is 0.143. The quantitative estimate of drug-likeness (QED) is 0.727. The molecule has 0 heterocycles. The van der Waals surface area contributed by atoms with Gasteiger partial charge in [0.1, 0.15) is 6.54 Å². The smallest absolute Gasteiger partial charge is 0.325 e. The van der Waals surface area contributed by atoms with Gasteiger partial charge in [0.2, 0.25) is 5.91 Å². The number of carbonyl (C=O) groups is 2. The maximum atomic E-state index is 12.1. The van der Waals surface area contributed by atoms with Crippen LogP contribution in [-0.4, -0.2) is 31.6 Å². The summed E-state index contributed by atoms with van der Waals surface area (Å²) in [6.07, 6.45) is 1.62. The van der Waals surface area contributed by atoms with Crippen molar-refractivity contribution in [1.82, 2.24) is 5.32 Å². The van der Waals surface area contributed by atoms with Crippen LogP contribution in [0.25, 0.3) is 0 Å². The van der Waals surface area contributed by atoms with Crippen LogP contribution in [0.4, 0.5) is 0 Å². The Morgan fingerprint density at radius 2 is 2.00 bits per heavy atom. The van der Waals surface area contributed by atoms with E-state index in [1.54, 1.807) is 0 Å². The van der Waals surface area contributed by atoms with Crippen molar-refractivity contribution in [2.45, 2.75) is 39.7 Å². The van der Waals surface area contributed by atoms with Crippen molar-refractivity contribution in [1.29, 1.82) is 0 Å². The van der Waals surface area contributed by atoms with Crippen molar-refractivity contribution in [3.8, 4) is 0 Å². The maximum Gasteiger partial charge on any atom is 0.325 e. The van der Waals surface area contributed by atoms with Gasteiger partial charge in [0, 0.05) is 12.0 Å². The summed E-state index contributed by atoms with van der Waals surface area (Å²) in [6.45, 7) is 6.16. The fourth-order valence-corrected chi connectivity index (χ4v) is 2.67. The van der Waals surface area contributed by atoms with Crippen molar-refractivity contribution in [2.24, 2.45) is 23.0 Å². The lowest BCUT2D eigenvalue weighted by molar-refractivity contribution is -0.143. The molecule has 0 radical (unpaired) electrons. The highest BCUT2D eigenvalue weighted by Gasteiger charge is 2.44. The van der Waals surface area contributed by atoms with E-state index in [0.717, 1.165) is 12.8 Å².